The summed E-state index contributed by atoms with van der Waals surface area (Å²) in [5.74, 6) is 0.828. The number of ether oxygens (including phenoxy) is 1. The van der Waals surface area contributed by atoms with E-state index in [-0.39, 0.29) is 0 Å². The van der Waals surface area contributed by atoms with Crippen LogP contribution in [0.5, 0.6) is 0 Å². The Morgan fingerprint density at radius 1 is 0.864 bits per heavy atom. The molecule has 2 aromatic rings. The van der Waals surface area contributed by atoms with Crippen LogP contribution in [0.4, 0.5) is 5.69 Å². The van der Waals surface area contributed by atoms with Crippen LogP contribution in [0, 0.1) is 5.92 Å². The molecule has 0 radical (unpaired) electrons. The monoisotopic (exact) mass is 293 g/mol. The van der Waals surface area contributed by atoms with Crippen molar-refractivity contribution in [3.05, 3.63) is 54.1 Å². The van der Waals surface area contributed by atoms with Crippen LogP contribution in [0.2, 0.25) is 0 Å². The van der Waals surface area contributed by atoms with Gasteiger partial charge in [-0.25, -0.2) is 0 Å². The highest BCUT2D eigenvalue weighted by Gasteiger charge is 2.47. The Morgan fingerprint density at radius 2 is 1.41 bits per heavy atom. The quantitative estimate of drug-likeness (QED) is 0.787. The van der Waals surface area contributed by atoms with Crippen LogP contribution in [0.25, 0.3) is 11.1 Å². The van der Waals surface area contributed by atoms with Crippen LogP contribution >= 0.6 is 0 Å². The second-order valence-corrected chi connectivity index (χ2v) is 6.89. The number of hydrogen-bond donors (Lipinski definition) is 0. The Hall–Kier alpha value is -1.80. The summed E-state index contributed by atoms with van der Waals surface area (Å²) in [5.41, 5.74) is 5.28. The SMILES string of the molecule is CN(C)c1ccc(-c2ccc(C[C@@H]3C[C@@H]4O[C@@H]4C3)cc2)cc1. The maximum atomic E-state index is 5.52. The normalized spacial score (nSPS) is 25.8. The molecule has 0 amide bonds. The molecular formula is C20H23NO. The third kappa shape index (κ3) is 2.76. The molecule has 2 aliphatic rings. The van der Waals surface area contributed by atoms with Crippen LogP contribution in [0.3, 0.4) is 0 Å². The van der Waals surface area contributed by atoms with Gasteiger partial charge in [0.25, 0.3) is 0 Å². The third-order valence-electron chi connectivity index (χ3n) is 5.01. The largest absolute Gasteiger partial charge is 0.378 e. The van der Waals surface area contributed by atoms with Crippen LogP contribution in [0.1, 0.15) is 18.4 Å². The Balaban J connectivity index is 1.44. The van der Waals surface area contributed by atoms with Gasteiger partial charge in [0.2, 0.25) is 0 Å². The molecule has 2 nitrogen and oxygen atoms in total. The predicted molar refractivity (Wildman–Crippen MR) is 91.3 cm³/mol. The number of nitrogens with zero attached hydrogens (tertiary/aromatic N) is 1. The van der Waals surface area contributed by atoms with Gasteiger partial charge in [-0.15, -0.1) is 0 Å². The first-order valence-electron chi connectivity index (χ1n) is 8.21. The lowest BCUT2D eigenvalue weighted by Gasteiger charge is -2.13. The molecule has 22 heavy (non-hydrogen) atoms. The zero-order valence-corrected chi connectivity index (χ0v) is 13.3. The standard InChI is InChI=1S/C20H23NO/c1-21(2)18-9-7-17(8-10-18)16-5-3-14(4-6-16)11-15-12-19-20(13-15)22-19/h3-10,15,19-20H,11-13H2,1-2H3/t15-,19+,20-. The summed E-state index contributed by atoms with van der Waals surface area (Å²) >= 11 is 0. The molecule has 2 fully saturated rings. The summed E-state index contributed by atoms with van der Waals surface area (Å²) in [4.78, 5) is 2.13. The molecule has 1 saturated heterocycles. The molecule has 1 heterocycles. The van der Waals surface area contributed by atoms with Gasteiger partial charge in [0, 0.05) is 19.8 Å². The number of anilines is 1. The summed E-state index contributed by atoms with van der Waals surface area (Å²) in [6.07, 6.45) is 4.92. The van der Waals surface area contributed by atoms with Gasteiger partial charge in [-0.3, -0.25) is 0 Å². The zero-order chi connectivity index (χ0) is 15.1. The van der Waals surface area contributed by atoms with Gasteiger partial charge in [0.15, 0.2) is 0 Å². The molecule has 2 heteroatoms. The van der Waals surface area contributed by atoms with Crippen molar-refractivity contribution in [3.63, 3.8) is 0 Å². The lowest BCUT2D eigenvalue weighted by molar-refractivity contribution is 0.272. The van der Waals surface area contributed by atoms with Crippen molar-refractivity contribution < 1.29 is 4.74 Å². The summed E-state index contributed by atoms with van der Waals surface area (Å²) in [7, 11) is 4.14. The van der Waals surface area contributed by atoms with Gasteiger partial charge < -0.3 is 9.64 Å². The Labute approximate surface area is 132 Å². The van der Waals surface area contributed by atoms with Crippen molar-refractivity contribution in [1.82, 2.24) is 0 Å². The highest BCUT2D eigenvalue weighted by Crippen LogP contribution is 2.43. The second kappa shape index (κ2) is 5.44. The first-order chi connectivity index (χ1) is 10.7. The Morgan fingerprint density at radius 3 is 1.95 bits per heavy atom. The minimum atomic E-state index is 0.597. The van der Waals surface area contributed by atoms with Gasteiger partial charge in [-0.2, -0.15) is 0 Å². The molecule has 4 rings (SSSR count). The Bertz CT molecular complexity index is 634. The molecule has 114 valence electrons. The van der Waals surface area contributed by atoms with E-state index in [1.807, 2.05) is 0 Å². The lowest BCUT2D eigenvalue weighted by atomic mass is 9.95. The fourth-order valence-corrected chi connectivity index (χ4v) is 3.63. The van der Waals surface area contributed by atoms with E-state index in [9.17, 15) is 0 Å². The van der Waals surface area contributed by atoms with Crippen LogP contribution in [-0.4, -0.2) is 26.3 Å². The molecule has 1 aliphatic heterocycles. The molecule has 0 bridgehead atoms. The molecule has 0 spiro atoms. The molecular weight excluding hydrogens is 270 g/mol. The minimum Gasteiger partial charge on any atom is -0.378 e. The molecule has 2 aromatic carbocycles. The highest BCUT2D eigenvalue weighted by molar-refractivity contribution is 5.66. The van der Waals surface area contributed by atoms with E-state index in [1.165, 1.54) is 41.6 Å². The van der Waals surface area contributed by atoms with E-state index in [2.05, 4.69) is 67.5 Å². The number of benzene rings is 2. The van der Waals surface area contributed by atoms with E-state index in [0.29, 0.717) is 12.2 Å². The van der Waals surface area contributed by atoms with Crippen LogP contribution in [-0.2, 0) is 11.2 Å². The van der Waals surface area contributed by atoms with E-state index in [0.717, 1.165) is 5.92 Å². The summed E-state index contributed by atoms with van der Waals surface area (Å²) in [6.45, 7) is 0. The fraction of sp³-hybridized carbons (Fsp3) is 0.400. The molecule has 1 aliphatic carbocycles. The van der Waals surface area contributed by atoms with Gasteiger partial charge in [0.1, 0.15) is 0 Å². The number of fused-ring (bicyclic) bond motifs is 1. The molecule has 1 saturated carbocycles. The van der Waals surface area contributed by atoms with Gasteiger partial charge >= 0.3 is 0 Å². The molecule has 0 aromatic heterocycles. The summed E-state index contributed by atoms with van der Waals surface area (Å²) < 4.78 is 5.52. The Kier molecular flexibility index (Phi) is 3.42. The molecule has 0 N–H and O–H groups in total. The minimum absolute atomic E-state index is 0.597. The van der Waals surface area contributed by atoms with Gasteiger partial charge in [-0.1, -0.05) is 36.4 Å². The summed E-state index contributed by atoms with van der Waals surface area (Å²) in [6, 6.07) is 17.8. The first kappa shape index (κ1) is 13.8. The van der Waals surface area contributed by atoms with Crippen molar-refractivity contribution >= 4 is 5.69 Å². The first-order valence-corrected chi connectivity index (χ1v) is 8.21. The topological polar surface area (TPSA) is 15.8 Å². The molecule has 0 unspecified atom stereocenters. The highest BCUT2D eigenvalue weighted by atomic mass is 16.6. The van der Waals surface area contributed by atoms with Gasteiger partial charge in [0.05, 0.1) is 12.2 Å². The summed E-state index contributed by atoms with van der Waals surface area (Å²) in [5, 5.41) is 0. The maximum Gasteiger partial charge on any atom is 0.0844 e. The predicted octanol–water partition coefficient (Wildman–Crippen LogP) is 4.14. The third-order valence-corrected chi connectivity index (χ3v) is 5.01. The number of epoxide rings is 1. The second-order valence-electron chi connectivity index (χ2n) is 6.89. The van der Waals surface area contributed by atoms with Crippen molar-refractivity contribution in [1.29, 1.82) is 0 Å². The van der Waals surface area contributed by atoms with E-state index in [4.69, 9.17) is 4.74 Å². The van der Waals surface area contributed by atoms with Gasteiger partial charge in [-0.05, 0) is 54.0 Å². The molecule has 3 atom stereocenters. The van der Waals surface area contributed by atoms with E-state index in [1.54, 1.807) is 0 Å². The average molecular weight is 293 g/mol. The van der Waals surface area contributed by atoms with Crippen molar-refractivity contribution in [2.75, 3.05) is 19.0 Å². The lowest BCUT2D eigenvalue weighted by Crippen LogP contribution is -2.07. The fourth-order valence-electron chi connectivity index (χ4n) is 3.63. The zero-order valence-electron chi connectivity index (χ0n) is 13.3. The van der Waals surface area contributed by atoms with Crippen molar-refractivity contribution in [2.45, 2.75) is 31.5 Å². The smallest absolute Gasteiger partial charge is 0.0844 e. The van der Waals surface area contributed by atoms with Crippen molar-refractivity contribution in [3.8, 4) is 11.1 Å². The van der Waals surface area contributed by atoms with Crippen molar-refractivity contribution in [2.24, 2.45) is 5.92 Å². The van der Waals surface area contributed by atoms with Crippen LogP contribution < -0.4 is 4.90 Å². The van der Waals surface area contributed by atoms with E-state index < -0.39 is 0 Å². The van der Waals surface area contributed by atoms with Crippen LogP contribution in [0.15, 0.2) is 48.5 Å². The average Bonchev–Trinajstić information content (AvgIpc) is 3.15. The number of rotatable bonds is 4. The van der Waals surface area contributed by atoms with E-state index >= 15 is 0 Å². The number of hydrogen-bond acceptors (Lipinski definition) is 2. The maximum absolute atomic E-state index is 5.52.